The van der Waals surface area contributed by atoms with E-state index in [0.717, 1.165) is 35.1 Å². The molecule has 0 bridgehead atoms. The van der Waals surface area contributed by atoms with Crippen molar-refractivity contribution in [2.75, 3.05) is 13.2 Å². The molecule has 2 N–H and O–H groups in total. The molecule has 34 heavy (non-hydrogen) atoms. The van der Waals surface area contributed by atoms with E-state index in [1.54, 1.807) is 0 Å². The van der Waals surface area contributed by atoms with E-state index in [-0.39, 0.29) is 24.3 Å². The van der Waals surface area contributed by atoms with Gasteiger partial charge in [0, 0.05) is 12.5 Å². The minimum Gasteiger partial charge on any atom is -0.480 e. The highest BCUT2D eigenvalue weighted by Crippen LogP contribution is 2.44. The van der Waals surface area contributed by atoms with Crippen molar-refractivity contribution in [1.82, 2.24) is 10.2 Å². The van der Waals surface area contributed by atoms with Gasteiger partial charge >= 0.3 is 12.1 Å². The predicted molar refractivity (Wildman–Crippen MR) is 128 cm³/mol. The molecule has 2 aliphatic rings. The number of carboxylic acids is 1. The standard InChI is InChI=1S/C27H32N2O5/c1-3-9-23(25(30)29-15-8-10-17(2)24(29)26(31)32)28-27(33)34-16-22-20-13-6-4-11-18(20)19-12-5-7-14-21(19)22/h4-7,11-14,17,22-24H,3,8-10,15-16H2,1-2H3,(H,28,33)(H,31,32). The van der Waals surface area contributed by atoms with Crippen molar-refractivity contribution < 1.29 is 24.2 Å². The van der Waals surface area contributed by atoms with Crippen LogP contribution in [0.25, 0.3) is 11.1 Å². The van der Waals surface area contributed by atoms with Crippen LogP contribution in [-0.2, 0) is 14.3 Å². The first kappa shape index (κ1) is 23.8. The van der Waals surface area contributed by atoms with Gasteiger partial charge in [-0.15, -0.1) is 0 Å². The molecule has 7 nitrogen and oxygen atoms in total. The van der Waals surface area contributed by atoms with Crippen molar-refractivity contribution in [3.8, 4) is 11.1 Å². The average molecular weight is 465 g/mol. The van der Waals surface area contributed by atoms with Crippen LogP contribution in [0.2, 0.25) is 0 Å². The van der Waals surface area contributed by atoms with Crippen LogP contribution in [0, 0.1) is 5.92 Å². The Morgan fingerprint density at radius 1 is 1.09 bits per heavy atom. The maximum Gasteiger partial charge on any atom is 0.407 e. The minimum absolute atomic E-state index is 0.0715. The van der Waals surface area contributed by atoms with Crippen molar-refractivity contribution in [3.05, 3.63) is 59.7 Å². The highest BCUT2D eigenvalue weighted by molar-refractivity contribution is 5.89. The molecule has 1 heterocycles. The summed E-state index contributed by atoms with van der Waals surface area (Å²) in [6, 6.07) is 14.5. The average Bonchev–Trinajstić information content (AvgIpc) is 3.15. The van der Waals surface area contributed by atoms with E-state index in [1.807, 2.05) is 50.2 Å². The van der Waals surface area contributed by atoms with Crippen LogP contribution in [0.4, 0.5) is 4.79 Å². The Balaban J connectivity index is 1.44. The van der Waals surface area contributed by atoms with Crippen LogP contribution in [-0.4, -0.2) is 53.2 Å². The SMILES string of the molecule is CCCC(NC(=O)OCC1c2ccccc2-c2ccccc21)C(=O)N1CCCC(C)C1C(=O)O. The zero-order valence-corrected chi connectivity index (χ0v) is 19.7. The Labute approximate surface area is 200 Å². The van der Waals surface area contributed by atoms with Gasteiger partial charge in [-0.05, 0) is 47.4 Å². The summed E-state index contributed by atoms with van der Waals surface area (Å²) < 4.78 is 5.61. The maximum absolute atomic E-state index is 13.3. The Kier molecular flexibility index (Phi) is 7.20. The Hall–Kier alpha value is -3.35. The molecule has 0 saturated carbocycles. The molecule has 180 valence electrons. The van der Waals surface area contributed by atoms with Crippen LogP contribution in [0.15, 0.2) is 48.5 Å². The highest BCUT2D eigenvalue weighted by Gasteiger charge is 2.39. The number of fused-ring (bicyclic) bond motifs is 3. The fourth-order valence-electron chi connectivity index (χ4n) is 5.34. The molecule has 2 amide bonds. The molecule has 1 aliphatic carbocycles. The summed E-state index contributed by atoms with van der Waals surface area (Å²) >= 11 is 0. The van der Waals surface area contributed by atoms with Gasteiger partial charge in [0.25, 0.3) is 0 Å². The molecule has 1 saturated heterocycles. The third-order valence-electron chi connectivity index (χ3n) is 6.98. The molecule has 0 aromatic heterocycles. The second-order valence-electron chi connectivity index (χ2n) is 9.25. The van der Waals surface area contributed by atoms with Crippen LogP contribution >= 0.6 is 0 Å². The molecular weight excluding hydrogens is 432 g/mol. The van der Waals surface area contributed by atoms with Gasteiger partial charge in [-0.1, -0.05) is 68.8 Å². The van der Waals surface area contributed by atoms with E-state index in [2.05, 4.69) is 17.4 Å². The highest BCUT2D eigenvalue weighted by atomic mass is 16.5. The second kappa shape index (κ2) is 10.3. The van der Waals surface area contributed by atoms with E-state index in [1.165, 1.54) is 4.90 Å². The summed E-state index contributed by atoms with van der Waals surface area (Å²) in [4.78, 5) is 39.3. The number of carbonyl (C=O) groups excluding carboxylic acids is 2. The van der Waals surface area contributed by atoms with Crippen molar-refractivity contribution in [1.29, 1.82) is 0 Å². The van der Waals surface area contributed by atoms with Crippen molar-refractivity contribution in [2.45, 2.75) is 57.5 Å². The van der Waals surface area contributed by atoms with E-state index in [9.17, 15) is 19.5 Å². The summed E-state index contributed by atoms with van der Waals surface area (Å²) in [6.07, 6.45) is 1.94. The predicted octanol–water partition coefficient (Wildman–Crippen LogP) is 4.41. The molecule has 0 spiro atoms. The molecule has 1 fully saturated rings. The Morgan fingerprint density at radius 2 is 1.71 bits per heavy atom. The van der Waals surface area contributed by atoms with Crippen molar-refractivity contribution in [3.63, 3.8) is 0 Å². The minimum atomic E-state index is -1.00. The second-order valence-corrected chi connectivity index (χ2v) is 9.25. The summed E-state index contributed by atoms with van der Waals surface area (Å²) in [5.74, 6) is -1.56. The third-order valence-corrected chi connectivity index (χ3v) is 6.98. The van der Waals surface area contributed by atoms with E-state index < -0.39 is 24.1 Å². The largest absolute Gasteiger partial charge is 0.480 e. The van der Waals surface area contributed by atoms with Gasteiger partial charge < -0.3 is 20.1 Å². The lowest BCUT2D eigenvalue weighted by Crippen LogP contribution is -2.57. The summed E-state index contributed by atoms with van der Waals surface area (Å²) in [7, 11) is 0. The number of hydrogen-bond donors (Lipinski definition) is 2. The number of piperidine rings is 1. The number of nitrogens with one attached hydrogen (secondary N) is 1. The lowest BCUT2D eigenvalue weighted by Gasteiger charge is -2.39. The quantitative estimate of drug-likeness (QED) is 0.633. The fraction of sp³-hybridized carbons (Fsp3) is 0.444. The summed E-state index contributed by atoms with van der Waals surface area (Å²) in [6.45, 7) is 4.32. The van der Waals surface area contributed by atoms with Crippen molar-refractivity contribution >= 4 is 18.0 Å². The van der Waals surface area contributed by atoms with Crippen LogP contribution in [0.1, 0.15) is 56.6 Å². The molecule has 7 heteroatoms. The first-order valence-electron chi connectivity index (χ1n) is 12.1. The Bertz CT molecular complexity index is 1020. The van der Waals surface area contributed by atoms with E-state index >= 15 is 0 Å². The number of aliphatic carboxylic acids is 1. The van der Waals surface area contributed by atoms with Crippen LogP contribution < -0.4 is 5.32 Å². The topological polar surface area (TPSA) is 95.9 Å². The number of likely N-dealkylation sites (tertiary alicyclic amines) is 1. The van der Waals surface area contributed by atoms with Gasteiger partial charge in [-0.25, -0.2) is 9.59 Å². The zero-order valence-electron chi connectivity index (χ0n) is 19.7. The van der Waals surface area contributed by atoms with Gasteiger partial charge in [0.05, 0.1) is 0 Å². The molecule has 3 atom stereocenters. The number of carbonyl (C=O) groups is 3. The summed E-state index contributed by atoms with van der Waals surface area (Å²) in [5.41, 5.74) is 4.52. The van der Waals surface area contributed by atoms with E-state index in [4.69, 9.17) is 4.74 Å². The number of ether oxygens (including phenoxy) is 1. The Morgan fingerprint density at radius 3 is 2.29 bits per heavy atom. The number of nitrogens with zero attached hydrogens (tertiary/aromatic N) is 1. The lowest BCUT2D eigenvalue weighted by atomic mass is 9.90. The molecule has 2 aromatic rings. The first-order chi connectivity index (χ1) is 16.4. The molecule has 0 radical (unpaired) electrons. The van der Waals surface area contributed by atoms with Crippen LogP contribution in [0.3, 0.4) is 0 Å². The monoisotopic (exact) mass is 464 g/mol. The van der Waals surface area contributed by atoms with Gasteiger partial charge in [-0.2, -0.15) is 0 Å². The number of hydrogen-bond acceptors (Lipinski definition) is 4. The number of alkyl carbamates (subject to hydrolysis) is 1. The molecular formula is C27H32N2O5. The van der Waals surface area contributed by atoms with Gasteiger partial charge in [0.15, 0.2) is 0 Å². The molecule has 1 aliphatic heterocycles. The van der Waals surface area contributed by atoms with Gasteiger partial charge in [0.1, 0.15) is 18.7 Å². The zero-order chi connectivity index (χ0) is 24.2. The smallest absolute Gasteiger partial charge is 0.407 e. The molecule has 4 rings (SSSR count). The van der Waals surface area contributed by atoms with E-state index in [0.29, 0.717) is 19.4 Å². The normalized spacial score (nSPS) is 20.2. The van der Waals surface area contributed by atoms with Crippen LogP contribution in [0.5, 0.6) is 0 Å². The maximum atomic E-state index is 13.3. The number of rotatable bonds is 7. The van der Waals surface area contributed by atoms with Gasteiger partial charge in [-0.3, -0.25) is 4.79 Å². The fourth-order valence-corrected chi connectivity index (χ4v) is 5.34. The number of amides is 2. The van der Waals surface area contributed by atoms with Gasteiger partial charge in [0.2, 0.25) is 5.91 Å². The van der Waals surface area contributed by atoms with Crippen molar-refractivity contribution in [2.24, 2.45) is 5.92 Å². The summed E-state index contributed by atoms with van der Waals surface area (Å²) in [5, 5.41) is 12.4. The lowest BCUT2D eigenvalue weighted by molar-refractivity contribution is -0.155. The molecule has 3 unspecified atom stereocenters. The number of benzene rings is 2. The molecule has 2 aromatic carbocycles. The number of carboxylic acid groups (broad SMARTS) is 1. The first-order valence-corrected chi connectivity index (χ1v) is 12.1. The third kappa shape index (κ3) is 4.65.